The van der Waals surface area contributed by atoms with Crippen LogP contribution < -0.4 is 14.5 Å². The molecule has 0 fully saturated rings. The molecule has 0 N–H and O–H groups in total. The van der Waals surface area contributed by atoms with E-state index >= 15 is 0 Å². The van der Waals surface area contributed by atoms with Gasteiger partial charge in [0.1, 0.15) is 11.5 Å². The van der Waals surface area contributed by atoms with Crippen molar-refractivity contribution < 1.29 is 8.85 Å². The van der Waals surface area contributed by atoms with E-state index < -0.39 is 6.98 Å². The lowest BCUT2D eigenvalue weighted by Crippen LogP contribution is -2.32. The van der Waals surface area contributed by atoms with Crippen molar-refractivity contribution in [3.8, 4) is 11.5 Å². The van der Waals surface area contributed by atoms with E-state index in [0.29, 0.717) is 11.5 Å². The van der Waals surface area contributed by atoms with E-state index in [1.165, 1.54) is 26.6 Å². The lowest BCUT2D eigenvalue weighted by Gasteiger charge is -2.39. The summed E-state index contributed by atoms with van der Waals surface area (Å²) in [6.07, 6.45) is 1.87. The minimum absolute atomic E-state index is 0.238. The summed E-state index contributed by atoms with van der Waals surface area (Å²) in [5.41, 5.74) is 10.8. The van der Waals surface area contributed by atoms with E-state index in [1.54, 1.807) is 0 Å². The van der Waals surface area contributed by atoms with Crippen LogP contribution >= 0.6 is 0 Å². The average Bonchev–Trinajstić information content (AvgIpc) is 3.85. The molecule has 0 spiro atoms. The van der Waals surface area contributed by atoms with Gasteiger partial charge in [0.05, 0.1) is 51.3 Å². The molecule has 0 unspecified atom stereocenters. The van der Waals surface area contributed by atoms with Crippen molar-refractivity contribution in [1.29, 1.82) is 0 Å². The van der Waals surface area contributed by atoms with Gasteiger partial charge >= 0.3 is 0 Å². The number of pyridine rings is 1. The first-order valence-electron chi connectivity index (χ1n) is 19.2. The Kier molecular flexibility index (Phi) is 4.70. The zero-order chi connectivity index (χ0) is 37.0. The molecule has 0 saturated heterocycles. The highest BCUT2D eigenvalue weighted by Gasteiger charge is 2.41. The van der Waals surface area contributed by atoms with Gasteiger partial charge in [-0.15, -0.1) is 0 Å². The first-order chi connectivity index (χ1) is 26.7. The third-order valence-electron chi connectivity index (χ3n) is 11.7. The van der Waals surface area contributed by atoms with Crippen LogP contribution in [0.25, 0.3) is 65.5 Å². The first-order valence-corrected chi connectivity index (χ1v) is 17.7. The topological polar surface area (TPSA) is 37.4 Å². The molecule has 2 aliphatic rings. The van der Waals surface area contributed by atoms with E-state index in [-0.39, 0.29) is 12.1 Å². The third kappa shape index (κ3) is 3.42. The summed E-state index contributed by atoms with van der Waals surface area (Å²) in [6, 6.07) is 44.6. The molecule has 4 aromatic heterocycles. The minimum atomic E-state index is -2.27. The highest BCUT2D eigenvalue weighted by atomic mass is 16.5. The molecule has 12 rings (SSSR count). The van der Waals surface area contributed by atoms with Crippen LogP contribution in [-0.2, 0) is 5.41 Å². The quantitative estimate of drug-likeness (QED) is 0.183. The molecule has 248 valence electrons. The van der Waals surface area contributed by atoms with Crippen LogP contribution in [0.2, 0.25) is 0 Å². The molecule has 52 heavy (non-hydrogen) atoms. The summed E-state index contributed by atoms with van der Waals surface area (Å²) in [5, 5.41) is 7.01. The molecule has 10 aromatic rings. The number of ether oxygens (including phenoxy) is 1. The maximum absolute atomic E-state index is 8.31. The number of hydrogen-bond donors (Lipinski definition) is 0. The zero-order valence-electron chi connectivity index (χ0n) is 31.6. The molecule has 6 heterocycles. The lowest BCUT2D eigenvalue weighted by atomic mass is 9.73. The number of fused-ring (bicyclic) bond motifs is 12. The lowest BCUT2D eigenvalue weighted by molar-refractivity contribution is 0.482. The fraction of sp³-hybridized carbons (Fsp3) is 0.109. The van der Waals surface area contributed by atoms with Crippen LogP contribution in [0.3, 0.4) is 0 Å². The summed E-state index contributed by atoms with van der Waals surface area (Å²) >= 11 is 0. The molecule has 0 amide bonds. The van der Waals surface area contributed by atoms with Gasteiger partial charge in [-0.25, -0.2) is 4.98 Å². The molecule has 0 atom stereocenters. The van der Waals surface area contributed by atoms with Gasteiger partial charge in [0.15, 0.2) is 5.65 Å². The fourth-order valence-corrected chi connectivity index (χ4v) is 9.40. The molecule has 6 nitrogen and oxygen atoms in total. The Labute approximate surface area is 303 Å². The number of anilines is 3. The second kappa shape index (κ2) is 9.62. The van der Waals surface area contributed by atoms with E-state index in [9.17, 15) is 0 Å². The van der Waals surface area contributed by atoms with Gasteiger partial charge in [-0.3, -0.25) is 4.40 Å². The predicted octanol–water partition coefficient (Wildman–Crippen LogP) is 11.3. The minimum Gasteiger partial charge on any atom is -0.457 e. The number of benzene rings is 6. The molecular formula is C46H33N5O. The first kappa shape index (κ1) is 25.4. The van der Waals surface area contributed by atoms with E-state index in [2.05, 4.69) is 125 Å². The summed E-state index contributed by atoms with van der Waals surface area (Å²) in [5.74, 6) is 1.38. The van der Waals surface area contributed by atoms with Crippen molar-refractivity contribution in [2.75, 3.05) is 23.4 Å². The maximum atomic E-state index is 8.31. The van der Waals surface area contributed by atoms with Gasteiger partial charge in [-0.2, -0.15) is 0 Å². The number of nitrogens with zero attached hydrogens (tertiary/aromatic N) is 5. The number of aromatic nitrogens is 3. The van der Waals surface area contributed by atoms with Crippen molar-refractivity contribution in [3.63, 3.8) is 0 Å². The predicted molar refractivity (Wildman–Crippen MR) is 214 cm³/mol. The highest BCUT2D eigenvalue weighted by molar-refractivity contribution is 6.25. The molecule has 2 aliphatic heterocycles. The summed E-state index contributed by atoms with van der Waals surface area (Å²) in [7, 11) is 0. The Balaban J connectivity index is 1.09. The van der Waals surface area contributed by atoms with Crippen LogP contribution in [-0.4, -0.2) is 27.4 Å². The smallest absolute Gasteiger partial charge is 0.162 e. The van der Waals surface area contributed by atoms with Gasteiger partial charge in [0.2, 0.25) is 0 Å². The van der Waals surface area contributed by atoms with Crippen LogP contribution in [0.1, 0.15) is 29.1 Å². The van der Waals surface area contributed by atoms with Crippen molar-refractivity contribution in [2.45, 2.75) is 19.3 Å². The molecule has 0 saturated carbocycles. The molecular weight excluding hydrogens is 639 g/mol. The average molecular weight is 675 g/mol. The Morgan fingerprint density at radius 3 is 2.10 bits per heavy atom. The van der Waals surface area contributed by atoms with Gasteiger partial charge in [-0.05, 0) is 53.6 Å². The number of hydrogen-bond acceptors (Lipinski definition) is 4. The second-order valence-corrected chi connectivity index (χ2v) is 14.7. The number of para-hydroxylation sites is 4. The molecule has 6 heteroatoms. The highest BCUT2D eigenvalue weighted by Crippen LogP contribution is 2.55. The van der Waals surface area contributed by atoms with E-state index in [4.69, 9.17) is 13.8 Å². The Hall–Kier alpha value is -6.53. The summed E-state index contributed by atoms with van der Waals surface area (Å²) in [6.45, 7) is 2.38. The van der Waals surface area contributed by atoms with Crippen LogP contribution in [0.4, 0.5) is 17.1 Å². The van der Waals surface area contributed by atoms with Crippen LogP contribution in [0, 0.1) is 0 Å². The largest absolute Gasteiger partial charge is 0.457 e. The van der Waals surface area contributed by atoms with Crippen LogP contribution in [0.15, 0.2) is 134 Å². The van der Waals surface area contributed by atoms with Gasteiger partial charge < -0.3 is 18.9 Å². The molecule has 0 aliphatic carbocycles. The van der Waals surface area contributed by atoms with Crippen molar-refractivity contribution in [2.24, 2.45) is 0 Å². The zero-order valence-corrected chi connectivity index (χ0v) is 28.6. The monoisotopic (exact) mass is 674 g/mol. The van der Waals surface area contributed by atoms with Crippen molar-refractivity contribution in [3.05, 3.63) is 145 Å². The maximum Gasteiger partial charge on any atom is 0.162 e. The standard InChI is InChI=1S/C46H33N5O/c1-46(2)35-22-20-28(25-41(35)49-26-48(3)38-17-8-15-36(46)44(38)49)52-27-19-21-30-32-12-7-14-34-33-13-6-11-31-29-10-4-5-16-37(29)50(42(31)33)39-18-9-23-47-45(39)51(43(32)34)40(30)24-27/h4-25H,26H2,1-3H3/i3D3. The van der Waals surface area contributed by atoms with Gasteiger partial charge in [0.25, 0.3) is 0 Å². The van der Waals surface area contributed by atoms with E-state index in [1.807, 2.05) is 36.5 Å². The molecule has 6 aromatic carbocycles. The SMILES string of the molecule is [2H]C([2H])([2H])N1CN2c3cc(Oc4ccc5c6cccc7c8cccc9c%10ccccc%10n(c%10cccnc%10n(c5c4)c67)c98)ccc3C(C)(C)c3cccc1c32. The molecule has 0 radical (unpaired) electrons. The third-order valence-corrected chi connectivity index (χ3v) is 11.7. The Morgan fingerprint density at radius 2 is 1.27 bits per heavy atom. The van der Waals surface area contributed by atoms with Crippen molar-refractivity contribution >= 4 is 82.6 Å². The normalized spacial score (nSPS) is 15.9. The van der Waals surface area contributed by atoms with E-state index in [0.717, 1.165) is 72.1 Å². The second-order valence-electron chi connectivity index (χ2n) is 14.7. The molecule has 0 bridgehead atoms. The van der Waals surface area contributed by atoms with Gasteiger partial charge in [-0.1, -0.05) is 86.6 Å². The van der Waals surface area contributed by atoms with Gasteiger partial charge in [0, 0.05) is 67.2 Å². The fourth-order valence-electron chi connectivity index (χ4n) is 9.40. The van der Waals surface area contributed by atoms with Crippen LogP contribution in [0.5, 0.6) is 11.5 Å². The Morgan fingerprint density at radius 1 is 0.596 bits per heavy atom. The Bertz CT molecular complexity index is 3320. The number of rotatable bonds is 2. The van der Waals surface area contributed by atoms with Crippen molar-refractivity contribution in [1.82, 2.24) is 13.8 Å². The summed E-state index contributed by atoms with van der Waals surface area (Å²) in [4.78, 5) is 8.76. The summed E-state index contributed by atoms with van der Waals surface area (Å²) < 4.78 is 36.4.